The summed E-state index contributed by atoms with van der Waals surface area (Å²) in [6, 6.07) is 7.09. The van der Waals surface area contributed by atoms with Crippen LogP contribution in [0.2, 0.25) is 5.02 Å². The molecule has 122 valence electrons. The minimum absolute atomic E-state index is 0.0785. The maximum atomic E-state index is 14.2. The zero-order valence-corrected chi connectivity index (χ0v) is 13.8. The summed E-state index contributed by atoms with van der Waals surface area (Å²) in [5.41, 5.74) is -0.247. The fourth-order valence-electron chi connectivity index (χ4n) is 2.46. The number of thiocarbonyl (C=S) groups is 1. The molecular weight excluding hydrogens is 354 g/mol. The predicted molar refractivity (Wildman–Crippen MR) is 90.8 cm³/mol. The van der Waals surface area contributed by atoms with Crippen LogP contribution >= 0.6 is 23.8 Å². The van der Waals surface area contributed by atoms with Crippen LogP contribution in [0, 0.1) is 23.0 Å². The Bertz CT molecular complexity index is 852. The van der Waals surface area contributed by atoms with Crippen LogP contribution in [0.4, 0.5) is 14.6 Å². The van der Waals surface area contributed by atoms with Crippen LogP contribution < -0.4 is 10.6 Å². The smallest absolute Gasteiger partial charge is 0.172 e. The van der Waals surface area contributed by atoms with E-state index in [2.05, 4.69) is 15.6 Å². The van der Waals surface area contributed by atoms with Crippen molar-refractivity contribution < 1.29 is 8.78 Å². The number of hydrogen-bond acceptors (Lipinski definition) is 3. The number of rotatable bonds is 3. The summed E-state index contributed by atoms with van der Waals surface area (Å²) in [5, 5.41) is 15.4. The van der Waals surface area contributed by atoms with Gasteiger partial charge in [-0.3, -0.25) is 0 Å². The molecule has 0 aliphatic heterocycles. The van der Waals surface area contributed by atoms with Crippen LogP contribution in [-0.4, -0.2) is 16.1 Å². The first kappa shape index (κ1) is 16.6. The summed E-state index contributed by atoms with van der Waals surface area (Å²) < 4.78 is 28.1. The van der Waals surface area contributed by atoms with Gasteiger partial charge in [-0.15, -0.1) is 0 Å². The van der Waals surface area contributed by atoms with E-state index >= 15 is 0 Å². The predicted octanol–water partition coefficient (Wildman–Crippen LogP) is 3.73. The number of aromatic nitrogens is 1. The van der Waals surface area contributed by atoms with Crippen molar-refractivity contribution in [2.24, 2.45) is 0 Å². The lowest BCUT2D eigenvalue weighted by Gasteiger charge is -2.11. The number of halogens is 3. The molecule has 2 N–H and O–H groups in total. The summed E-state index contributed by atoms with van der Waals surface area (Å²) in [4.78, 5) is 4.05. The van der Waals surface area contributed by atoms with Gasteiger partial charge in [0.2, 0.25) is 0 Å². The largest absolute Gasteiger partial charge is 0.359 e. The summed E-state index contributed by atoms with van der Waals surface area (Å²) >= 11 is 11.1. The topological polar surface area (TPSA) is 60.7 Å². The number of nitriles is 1. The minimum Gasteiger partial charge on any atom is -0.359 e. The normalized spacial score (nSPS) is 18.6. The fourth-order valence-corrected chi connectivity index (χ4v) is 2.88. The summed E-state index contributed by atoms with van der Waals surface area (Å²) in [5.74, 6) is -1.44. The molecule has 1 aromatic carbocycles. The van der Waals surface area contributed by atoms with E-state index in [0.29, 0.717) is 17.3 Å². The average Bonchev–Trinajstić information content (AvgIpc) is 3.28. The maximum Gasteiger partial charge on any atom is 0.172 e. The number of pyridine rings is 1. The zero-order chi connectivity index (χ0) is 17.3. The molecule has 1 aromatic heterocycles. The van der Waals surface area contributed by atoms with E-state index in [-0.39, 0.29) is 28.2 Å². The molecule has 0 saturated heterocycles. The van der Waals surface area contributed by atoms with E-state index in [9.17, 15) is 8.78 Å². The molecule has 1 aliphatic carbocycles. The van der Waals surface area contributed by atoms with Crippen molar-refractivity contribution in [1.29, 1.82) is 5.26 Å². The highest BCUT2D eigenvalue weighted by Gasteiger charge is 2.42. The van der Waals surface area contributed by atoms with Gasteiger partial charge in [-0.25, -0.2) is 13.8 Å². The van der Waals surface area contributed by atoms with Crippen molar-refractivity contribution in [3.8, 4) is 6.07 Å². The minimum atomic E-state index is -0.807. The Labute approximate surface area is 147 Å². The van der Waals surface area contributed by atoms with Crippen molar-refractivity contribution in [2.75, 3.05) is 5.32 Å². The van der Waals surface area contributed by atoms with Crippen LogP contribution in [0.3, 0.4) is 0 Å². The maximum absolute atomic E-state index is 14.2. The molecule has 8 heteroatoms. The molecule has 1 heterocycles. The lowest BCUT2D eigenvalue weighted by Crippen LogP contribution is -2.31. The summed E-state index contributed by atoms with van der Waals surface area (Å²) in [6.45, 7) is 0. The van der Waals surface area contributed by atoms with Crippen LogP contribution in [0.5, 0.6) is 0 Å². The number of benzene rings is 1. The Morgan fingerprint density at radius 1 is 1.38 bits per heavy atom. The van der Waals surface area contributed by atoms with E-state index in [4.69, 9.17) is 29.1 Å². The van der Waals surface area contributed by atoms with E-state index in [1.165, 1.54) is 0 Å². The molecular formula is C16H11ClF2N4S. The third-order valence-corrected chi connectivity index (χ3v) is 4.24. The van der Waals surface area contributed by atoms with Gasteiger partial charge in [0.1, 0.15) is 17.7 Å². The SMILES string of the molecule is N#Cc1ccc(F)c(C2CC2NC(=S)Nc2ncccc2Cl)c1F. The highest BCUT2D eigenvalue weighted by molar-refractivity contribution is 7.80. The fraction of sp³-hybridized carbons (Fsp3) is 0.188. The highest BCUT2D eigenvalue weighted by atomic mass is 35.5. The van der Waals surface area contributed by atoms with Crippen LogP contribution in [-0.2, 0) is 0 Å². The van der Waals surface area contributed by atoms with Crippen LogP contribution in [0.25, 0.3) is 0 Å². The van der Waals surface area contributed by atoms with Crippen molar-refractivity contribution in [3.63, 3.8) is 0 Å². The lowest BCUT2D eigenvalue weighted by atomic mass is 10.1. The average molecular weight is 365 g/mol. The van der Waals surface area contributed by atoms with Gasteiger partial charge >= 0.3 is 0 Å². The van der Waals surface area contributed by atoms with Crippen molar-refractivity contribution in [2.45, 2.75) is 18.4 Å². The second-order valence-corrected chi connectivity index (χ2v) is 6.13. The number of nitrogens with one attached hydrogen (secondary N) is 2. The van der Waals surface area contributed by atoms with Gasteiger partial charge < -0.3 is 10.6 Å². The highest BCUT2D eigenvalue weighted by Crippen LogP contribution is 2.43. The molecule has 0 bridgehead atoms. The molecule has 2 aromatic rings. The van der Waals surface area contributed by atoms with Gasteiger partial charge in [-0.1, -0.05) is 11.6 Å². The van der Waals surface area contributed by atoms with Crippen molar-refractivity contribution in [1.82, 2.24) is 10.3 Å². The van der Waals surface area contributed by atoms with E-state index < -0.39 is 11.6 Å². The van der Waals surface area contributed by atoms with Gasteiger partial charge in [-0.2, -0.15) is 5.26 Å². The first-order chi connectivity index (χ1) is 11.5. The van der Waals surface area contributed by atoms with Crippen LogP contribution in [0.15, 0.2) is 30.5 Å². The Hall–Kier alpha value is -2.30. The van der Waals surface area contributed by atoms with Crippen LogP contribution in [0.1, 0.15) is 23.5 Å². The lowest BCUT2D eigenvalue weighted by molar-refractivity contribution is 0.551. The van der Waals surface area contributed by atoms with Gasteiger partial charge in [0.05, 0.1) is 10.6 Å². The van der Waals surface area contributed by atoms with E-state index in [1.807, 2.05) is 0 Å². The molecule has 0 amide bonds. The Morgan fingerprint density at radius 2 is 2.17 bits per heavy atom. The molecule has 1 fully saturated rings. The van der Waals surface area contributed by atoms with Crippen molar-refractivity contribution in [3.05, 3.63) is 58.2 Å². The Kier molecular flexibility index (Phi) is 4.60. The first-order valence-corrected chi connectivity index (χ1v) is 7.86. The summed E-state index contributed by atoms with van der Waals surface area (Å²) in [6.07, 6.45) is 2.08. The third kappa shape index (κ3) is 3.30. The van der Waals surface area contributed by atoms with E-state index in [0.717, 1.165) is 12.1 Å². The molecule has 0 spiro atoms. The standard InChI is InChI=1S/C16H11ClF2N4S/c17-10-2-1-5-21-15(10)23-16(24)22-12-6-9(12)13-11(18)4-3-8(7-20)14(13)19/h1-5,9,12H,6H2,(H2,21,22,23,24). The van der Waals surface area contributed by atoms with E-state index in [1.54, 1.807) is 24.4 Å². The molecule has 4 nitrogen and oxygen atoms in total. The van der Waals surface area contributed by atoms with Gasteiger partial charge in [-0.05, 0) is 42.9 Å². The van der Waals surface area contributed by atoms with Gasteiger partial charge in [0, 0.05) is 23.7 Å². The molecule has 2 atom stereocenters. The zero-order valence-electron chi connectivity index (χ0n) is 12.2. The third-order valence-electron chi connectivity index (χ3n) is 3.72. The second kappa shape index (κ2) is 6.67. The molecule has 0 radical (unpaired) electrons. The number of nitrogens with zero attached hydrogens (tertiary/aromatic N) is 2. The number of anilines is 1. The molecule has 2 unspecified atom stereocenters. The molecule has 1 saturated carbocycles. The van der Waals surface area contributed by atoms with Gasteiger partial charge in [0.15, 0.2) is 10.9 Å². The van der Waals surface area contributed by atoms with Crippen molar-refractivity contribution >= 4 is 34.7 Å². The second-order valence-electron chi connectivity index (χ2n) is 5.32. The Morgan fingerprint density at radius 3 is 2.88 bits per heavy atom. The first-order valence-electron chi connectivity index (χ1n) is 7.07. The molecule has 24 heavy (non-hydrogen) atoms. The molecule has 3 rings (SSSR count). The number of hydrogen-bond donors (Lipinski definition) is 2. The van der Waals surface area contributed by atoms with Gasteiger partial charge in [0.25, 0.3) is 0 Å². The Balaban J connectivity index is 1.68. The quantitative estimate of drug-likeness (QED) is 0.813. The monoisotopic (exact) mass is 364 g/mol. The molecule has 1 aliphatic rings. The summed E-state index contributed by atoms with van der Waals surface area (Å²) in [7, 11) is 0.